The zero-order valence-corrected chi connectivity index (χ0v) is 22.4. The molecule has 0 N–H and O–H groups in total. The standard InChI is InChI=1S/C28H35ClF3N3O2/c1-19-12-23(15-24(13-19)28(30,31)32)27(36)35-11-10-33(8-9-34-16-20(2)37-21(3)17-34)18-26(35)14-22-4-6-25(29)7-5-22/h4-7,12-13,15,20-21,26H,8-11,14,16-18H2,1-3H3/t20-,21+,26-/m1/s1. The number of hydrogen-bond acceptors (Lipinski definition) is 4. The van der Waals surface area contributed by atoms with Gasteiger partial charge in [-0.05, 0) is 68.7 Å². The molecule has 0 unspecified atom stereocenters. The number of piperazine rings is 1. The van der Waals surface area contributed by atoms with Crippen molar-refractivity contribution in [2.24, 2.45) is 0 Å². The van der Waals surface area contributed by atoms with Crippen LogP contribution in [0.1, 0.15) is 40.9 Å². The van der Waals surface area contributed by atoms with Crippen molar-refractivity contribution in [3.63, 3.8) is 0 Å². The minimum atomic E-state index is -4.50. The minimum Gasteiger partial charge on any atom is -0.373 e. The molecule has 2 aliphatic rings. The van der Waals surface area contributed by atoms with E-state index >= 15 is 0 Å². The molecule has 0 spiro atoms. The Morgan fingerprint density at radius 2 is 1.62 bits per heavy atom. The highest BCUT2D eigenvalue weighted by molar-refractivity contribution is 6.30. The lowest BCUT2D eigenvalue weighted by atomic mass is 9.99. The van der Waals surface area contributed by atoms with E-state index in [0.29, 0.717) is 36.6 Å². The molecule has 0 saturated carbocycles. The number of hydrogen-bond donors (Lipinski definition) is 0. The van der Waals surface area contributed by atoms with Crippen LogP contribution in [0.3, 0.4) is 0 Å². The number of carbonyl (C=O) groups is 1. The fraction of sp³-hybridized carbons (Fsp3) is 0.536. The van der Waals surface area contributed by atoms with E-state index in [1.165, 1.54) is 0 Å². The van der Waals surface area contributed by atoms with Gasteiger partial charge < -0.3 is 9.64 Å². The Hall–Kier alpha value is -2.13. The van der Waals surface area contributed by atoms with Crippen LogP contribution in [0.2, 0.25) is 5.02 Å². The Morgan fingerprint density at radius 1 is 0.973 bits per heavy atom. The first-order valence-electron chi connectivity index (χ1n) is 12.8. The predicted octanol–water partition coefficient (Wildman–Crippen LogP) is 5.15. The normalized spacial score (nSPS) is 23.9. The topological polar surface area (TPSA) is 36.0 Å². The van der Waals surface area contributed by atoms with E-state index in [1.54, 1.807) is 17.9 Å². The van der Waals surface area contributed by atoms with Gasteiger partial charge >= 0.3 is 6.18 Å². The summed E-state index contributed by atoms with van der Waals surface area (Å²) in [5.74, 6) is -0.358. The molecule has 3 atom stereocenters. The molecule has 2 saturated heterocycles. The largest absolute Gasteiger partial charge is 0.416 e. The summed E-state index contributed by atoms with van der Waals surface area (Å²) in [5.41, 5.74) is 0.737. The van der Waals surface area contributed by atoms with E-state index < -0.39 is 11.7 Å². The predicted molar refractivity (Wildman–Crippen MR) is 139 cm³/mol. The van der Waals surface area contributed by atoms with Gasteiger partial charge in [-0.1, -0.05) is 23.7 Å². The average molecular weight is 538 g/mol. The Kier molecular flexibility index (Phi) is 8.84. The van der Waals surface area contributed by atoms with Gasteiger partial charge in [0.1, 0.15) is 0 Å². The molecule has 0 bridgehead atoms. The third-order valence-electron chi connectivity index (χ3n) is 7.09. The van der Waals surface area contributed by atoms with Crippen molar-refractivity contribution in [2.45, 2.75) is 51.6 Å². The molecular weight excluding hydrogens is 503 g/mol. The smallest absolute Gasteiger partial charge is 0.373 e. The maximum absolute atomic E-state index is 13.6. The molecule has 2 aromatic carbocycles. The highest BCUT2D eigenvalue weighted by Crippen LogP contribution is 2.31. The van der Waals surface area contributed by atoms with E-state index in [0.717, 1.165) is 43.9 Å². The third kappa shape index (κ3) is 7.47. The van der Waals surface area contributed by atoms with Gasteiger partial charge in [0.2, 0.25) is 0 Å². The van der Waals surface area contributed by atoms with Gasteiger partial charge in [0.05, 0.1) is 17.8 Å². The lowest BCUT2D eigenvalue weighted by Gasteiger charge is -2.43. The molecular formula is C28H35ClF3N3O2. The summed E-state index contributed by atoms with van der Waals surface area (Å²) in [5, 5.41) is 0.635. The van der Waals surface area contributed by atoms with Gasteiger partial charge in [-0.3, -0.25) is 14.6 Å². The fourth-order valence-corrected chi connectivity index (χ4v) is 5.57. The number of morpholine rings is 1. The summed E-state index contributed by atoms with van der Waals surface area (Å²) < 4.78 is 46.1. The number of halogens is 4. The monoisotopic (exact) mass is 537 g/mol. The lowest BCUT2D eigenvalue weighted by Crippen LogP contribution is -2.57. The Morgan fingerprint density at radius 3 is 2.27 bits per heavy atom. The van der Waals surface area contributed by atoms with E-state index in [-0.39, 0.29) is 29.7 Å². The average Bonchev–Trinajstić information content (AvgIpc) is 2.82. The molecule has 0 radical (unpaired) electrons. The van der Waals surface area contributed by atoms with Crippen LogP contribution in [0.25, 0.3) is 0 Å². The molecule has 0 aromatic heterocycles. The van der Waals surface area contributed by atoms with Crippen molar-refractivity contribution in [1.82, 2.24) is 14.7 Å². The van der Waals surface area contributed by atoms with Crippen LogP contribution in [0.15, 0.2) is 42.5 Å². The molecule has 4 rings (SSSR count). The SMILES string of the molecule is Cc1cc(C(=O)N2CCN(CCN3C[C@@H](C)O[C@@H](C)C3)C[C@H]2Cc2ccc(Cl)cc2)cc(C(F)(F)F)c1. The van der Waals surface area contributed by atoms with Crippen molar-refractivity contribution in [3.8, 4) is 0 Å². The van der Waals surface area contributed by atoms with Crippen LogP contribution in [-0.4, -0.2) is 84.7 Å². The summed E-state index contributed by atoms with van der Waals surface area (Å²) in [6, 6.07) is 10.9. The van der Waals surface area contributed by atoms with Crippen LogP contribution in [0.5, 0.6) is 0 Å². The molecule has 9 heteroatoms. The van der Waals surface area contributed by atoms with Crippen LogP contribution < -0.4 is 0 Å². The lowest BCUT2D eigenvalue weighted by molar-refractivity contribution is -0.137. The molecule has 2 fully saturated rings. The Labute approximate surface area is 222 Å². The van der Waals surface area contributed by atoms with Gasteiger partial charge in [-0.25, -0.2) is 0 Å². The van der Waals surface area contributed by atoms with E-state index in [4.69, 9.17) is 16.3 Å². The summed E-state index contributed by atoms with van der Waals surface area (Å²) in [6.45, 7) is 11.1. The minimum absolute atomic E-state index is 0.0816. The first-order chi connectivity index (χ1) is 17.5. The number of benzene rings is 2. The second-order valence-corrected chi connectivity index (χ2v) is 10.8. The Bertz CT molecular complexity index is 1070. The van der Waals surface area contributed by atoms with Crippen molar-refractivity contribution >= 4 is 17.5 Å². The third-order valence-corrected chi connectivity index (χ3v) is 7.34. The maximum atomic E-state index is 13.6. The van der Waals surface area contributed by atoms with E-state index in [1.807, 2.05) is 24.3 Å². The summed E-state index contributed by atoms with van der Waals surface area (Å²) in [4.78, 5) is 20.1. The molecule has 2 heterocycles. The van der Waals surface area contributed by atoms with Crippen molar-refractivity contribution in [1.29, 1.82) is 0 Å². The van der Waals surface area contributed by atoms with Gasteiger partial charge in [0, 0.05) is 62.4 Å². The van der Waals surface area contributed by atoms with Crippen LogP contribution in [-0.2, 0) is 17.3 Å². The molecule has 202 valence electrons. The first-order valence-corrected chi connectivity index (χ1v) is 13.2. The van der Waals surface area contributed by atoms with Crippen molar-refractivity contribution in [3.05, 3.63) is 69.7 Å². The summed E-state index contributed by atoms with van der Waals surface area (Å²) >= 11 is 6.06. The van der Waals surface area contributed by atoms with Crippen LogP contribution >= 0.6 is 11.6 Å². The first kappa shape index (κ1) is 27.9. The van der Waals surface area contributed by atoms with Gasteiger partial charge in [-0.2, -0.15) is 13.2 Å². The summed E-state index contributed by atoms with van der Waals surface area (Å²) in [7, 11) is 0. The second-order valence-electron chi connectivity index (χ2n) is 10.4. The molecule has 2 aromatic rings. The van der Waals surface area contributed by atoms with Gasteiger partial charge in [0.25, 0.3) is 5.91 Å². The number of carbonyl (C=O) groups excluding carboxylic acids is 1. The highest BCUT2D eigenvalue weighted by Gasteiger charge is 2.35. The maximum Gasteiger partial charge on any atom is 0.416 e. The quantitative estimate of drug-likeness (QED) is 0.511. The van der Waals surface area contributed by atoms with Crippen LogP contribution in [0.4, 0.5) is 13.2 Å². The number of amides is 1. The van der Waals surface area contributed by atoms with E-state index in [2.05, 4.69) is 23.6 Å². The molecule has 5 nitrogen and oxygen atoms in total. The summed E-state index contributed by atoms with van der Waals surface area (Å²) in [6.07, 6.45) is -3.50. The van der Waals surface area contributed by atoms with E-state index in [9.17, 15) is 18.0 Å². The molecule has 0 aliphatic carbocycles. The molecule has 1 amide bonds. The number of aryl methyl sites for hydroxylation is 1. The van der Waals surface area contributed by atoms with Gasteiger partial charge in [0.15, 0.2) is 0 Å². The Balaban J connectivity index is 1.50. The fourth-order valence-electron chi connectivity index (χ4n) is 5.44. The zero-order valence-electron chi connectivity index (χ0n) is 21.6. The number of alkyl halides is 3. The van der Waals surface area contributed by atoms with Gasteiger partial charge in [-0.15, -0.1) is 0 Å². The van der Waals surface area contributed by atoms with Crippen molar-refractivity contribution < 1.29 is 22.7 Å². The number of nitrogens with zero attached hydrogens (tertiary/aromatic N) is 3. The second kappa shape index (κ2) is 11.7. The highest BCUT2D eigenvalue weighted by atomic mass is 35.5. The molecule has 37 heavy (non-hydrogen) atoms. The van der Waals surface area contributed by atoms with Crippen LogP contribution in [0, 0.1) is 6.92 Å². The molecule has 2 aliphatic heterocycles. The number of ether oxygens (including phenoxy) is 1. The number of rotatable bonds is 6. The van der Waals surface area contributed by atoms with Crippen molar-refractivity contribution in [2.75, 3.05) is 45.8 Å². The zero-order chi connectivity index (χ0) is 26.7.